The van der Waals surface area contributed by atoms with E-state index in [1.807, 2.05) is 0 Å². The first kappa shape index (κ1) is 30.4. The molecule has 0 aliphatic heterocycles. The molecule has 0 heterocycles. The van der Waals surface area contributed by atoms with Crippen LogP contribution in [0.25, 0.3) is 0 Å². The molecule has 0 aliphatic carbocycles. The van der Waals surface area contributed by atoms with Crippen molar-refractivity contribution in [1.82, 2.24) is 0 Å². The van der Waals surface area contributed by atoms with Crippen LogP contribution in [-0.4, -0.2) is 0 Å². The molecule has 0 aromatic heterocycles. The quantitative estimate of drug-likeness (QED) is 0.358. The minimum absolute atomic E-state index is 0. The second kappa shape index (κ2) is 12.7. The van der Waals surface area contributed by atoms with Crippen LogP contribution in [0.1, 0.15) is 1.43 Å². The molecule has 0 atom stereocenters. The van der Waals surface area contributed by atoms with Crippen LogP contribution in [0.15, 0.2) is 0 Å². The molecule has 0 aliphatic rings. The van der Waals surface area contributed by atoms with Gasteiger partial charge in [-0.05, 0) is 0 Å². The molecule has 0 unspecified atom stereocenters. The Kier molecular flexibility index (Phi) is 29.7. The van der Waals surface area contributed by atoms with Gasteiger partial charge in [0.2, 0.25) is 0 Å². The Morgan fingerprint density at radius 1 is 0.769 bits per heavy atom. The smallest absolute Gasteiger partial charge is 0.790 e. The molecule has 0 spiro atoms. The van der Waals surface area contributed by atoms with Crippen molar-refractivity contribution in [3.63, 3.8) is 0 Å². The van der Waals surface area contributed by atoms with Gasteiger partial charge in [-0.2, -0.15) is 0 Å². The summed E-state index contributed by atoms with van der Waals surface area (Å²) in [4.78, 5) is 37.3. The maximum absolute atomic E-state index is 9.32. The summed E-state index contributed by atoms with van der Waals surface area (Å²) in [5.41, 5.74) is 0. The molecule has 0 amide bonds. The van der Waals surface area contributed by atoms with Gasteiger partial charge in [-0.15, -0.1) is 0 Å². The summed E-state index contributed by atoms with van der Waals surface area (Å²) in [7, 11) is -11.4. The van der Waals surface area contributed by atoms with Crippen LogP contribution in [0.4, 0.5) is 0 Å². The summed E-state index contributed by atoms with van der Waals surface area (Å²) in [6.07, 6.45) is 0. The normalized spacial score (nSPS) is 9.54. The van der Waals surface area contributed by atoms with Crippen LogP contribution < -0.4 is 138 Å². The molecular weight excluding hydrogens is 266 g/mol. The van der Waals surface area contributed by atoms with Crippen LogP contribution in [-0.2, 0) is 13.4 Å². The van der Waals surface area contributed by atoms with Gasteiger partial charge >= 0.3 is 120 Å². The van der Waals surface area contributed by atoms with Crippen LogP contribution >= 0.6 is 15.6 Å². The SMILES string of the molecule is O=P([O-])([O-])OP(=O)([O-])[O-].[H+].[Na+].[Na+].[Na+].[Na+]. The van der Waals surface area contributed by atoms with E-state index in [0.29, 0.717) is 0 Å². The Balaban J connectivity index is -0.0000000320. The minimum Gasteiger partial charge on any atom is -0.790 e. The van der Waals surface area contributed by atoms with Crippen molar-refractivity contribution < 1.29 is 153 Å². The summed E-state index contributed by atoms with van der Waals surface area (Å²) >= 11 is 0. The third-order valence-electron chi connectivity index (χ3n) is 0.200. The Morgan fingerprint density at radius 3 is 0.923 bits per heavy atom. The predicted molar refractivity (Wildman–Crippen MR) is 17.4 cm³/mol. The van der Waals surface area contributed by atoms with Crippen molar-refractivity contribution in [3.8, 4) is 0 Å². The average molecular weight is 267 g/mol. The summed E-state index contributed by atoms with van der Waals surface area (Å²) in [6, 6.07) is 0. The molecule has 0 bridgehead atoms. The first-order chi connectivity index (χ1) is 3.71. The Bertz CT molecular complexity index is 164. The van der Waals surface area contributed by atoms with Crippen LogP contribution in [0.5, 0.6) is 0 Å². The molecule has 0 fully saturated rings. The van der Waals surface area contributed by atoms with E-state index in [4.69, 9.17) is 0 Å². The van der Waals surface area contributed by atoms with Gasteiger partial charge in [-0.25, -0.2) is 0 Å². The molecular formula is HNa4O7P2+. The van der Waals surface area contributed by atoms with Crippen LogP contribution in [0.2, 0.25) is 0 Å². The Hall–Kier alpha value is 4.26. The zero-order chi connectivity index (χ0) is 7.71. The molecule has 13 heteroatoms. The van der Waals surface area contributed by atoms with Crippen LogP contribution in [0.3, 0.4) is 0 Å². The van der Waals surface area contributed by atoms with Gasteiger partial charge in [0.15, 0.2) is 0 Å². The first-order valence-electron chi connectivity index (χ1n) is 1.46. The third kappa shape index (κ3) is 31.4. The summed E-state index contributed by atoms with van der Waals surface area (Å²) in [5.74, 6) is 0. The fourth-order valence-corrected chi connectivity index (χ4v) is 1.10. The summed E-state index contributed by atoms with van der Waals surface area (Å²) in [5, 5.41) is 0. The fraction of sp³-hybridized carbons (Fsp3) is 0. The maximum Gasteiger partial charge on any atom is 1.00 e. The van der Waals surface area contributed by atoms with E-state index in [1.165, 1.54) is 0 Å². The van der Waals surface area contributed by atoms with Gasteiger partial charge in [-0.1, -0.05) is 0 Å². The monoisotopic (exact) mass is 267 g/mol. The Morgan fingerprint density at radius 2 is 0.923 bits per heavy atom. The minimum atomic E-state index is -5.68. The molecule has 0 saturated carbocycles. The van der Waals surface area contributed by atoms with Crippen molar-refractivity contribution in [2.75, 3.05) is 0 Å². The fourth-order valence-electron chi connectivity index (χ4n) is 0.122. The van der Waals surface area contributed by atoms with E-state index in [0.717, 1.165) is 0 Å². The van der Waals surface area contributed by atoms with Crippen LogP contribution in [0, 0.1) is 0 Å². The van der Waals surface area contributed by atoms with Gasteiger partial charge in [0.05, 0.1) is 15.6 Å². The number of rotatable bonds is 2. The average Bonchev–Trinajstić information content (AvgIpc) is 1.14. The molecule has 0 N–H and O–H groups in total. The summed E-state index contributed by atoms with van der Waals surface area (Å²) in [6.45, 7) is 0. The molecule has 7 nitrogen and oxygen atoms in total. The number of hydrogen-bond donors (Lipinski definition) is 0. The molecule has 0 radical (unpaired) electrons. The number of hydrogen-bond acceptors (Lipinski definition) is 7. The van der Waals surface area contributed by atoms with Gasteiger partial charge < -0.3 is 33.0 Å². The van der Waals surface area contributed by atoms with Gasteiger partial charge in [0.25, 0.3) is 0 Å². The maximum atomic E-state index is 9.32. The van der Waals surface area contributed by atoms with Crippen molar-refractivity contribution >= 4 is 15.6 Å². The van der Waals surface area contributed by atoms with E-state index in [9.17, 15) is 28.7 Å². The number of phosphoric acid groups is 2. The first-order valence-corrected chi connectivity index (χ1v) is 4.38. The van der Waals surface area contributed by atoms with Crippen molar-refractivity contribution in [3.05, 3.63) is 0 Å². The van der Waals surface area contributed by atoms with Gasteiger partial charge in [0, 0.05) is 0 Å². The Labute approximate surface area is 165 Å². The molecule has 0 saturated heterocycles. The zero-order valence-electron chi connectivity index (χ0n) is 8.75. The molecule has 13 heavy (non-hydrogen) atoms. The molecule has 56 valence electrons. The topological polar surface area (TPSA) is 136 Å². The molecule has 0 rings (SSSR count). The zero-order valence-corrected chi connectivity index (χ0v) is 17.5. The van der Waals surface area contributed by atoms with E-state index < -0.39 is 15.6 Å². The van der Waals surface area contributed by atoms with Crippen molar-refractivity contribution in [2.45, 2.75) is 0 Å². The van der Waals surface area contributed by atoms with E-state index in [-0.39, 0.29) is 120 Å². The summed E-state index contributed by atoms with van der Waals surface area (Å²) < 4.78 is 21.2. The second-order valence-corrected chi connectivity index (χ2v) is 3.42. The third-order valence-corrected chi connectivity index (χ3v) is 1.80. The predicted octanol–water partition coefficient (Wildman–Crippen LogP) is -15.2. The van der Waals surface area contributed by atoms with E-state index in [2.05, 4.69) is 4.31 Å². The van der Waals surface area contributed by atoms with E-state index in [1.54, 1.807) is 0 Å². The molecule has 0 aromatic rings. The van der Waals surface area contributed by atoms with Crippen molar-refractivity contribution in [1.29, 1.82) is 0 Å². The van der Waals surface area contributed by atoms with Crippen molar-refractivity contribution in [2.24, 2.45) is 0 Å². The standard InChI is InChI=1S/4Na.H4O7P2/c;;;;1-8(2,3)7-9(4,5)6/h;;;;(H2,1,2,3)(H2,4,5,6)/q4*+1;/p-3. The van der Waals surface area contributed by atoms with Gasteiger partial charge in [-0.3, -0.25) is 0 Å². The largest absolute Gasteiger partial charge is 1.00 e. The molecule has 0 aromatic carbocycles. The van der Waals surface area contributed by atoms with E-state index >= 15 is 0 Å². The van der Waals surface area contributed by atoms with Gasteiger partial charge in [0.1, 0.15) is 0 Å². The second-order valence-electron chi connectivity index (χ2n) is 0.976.